The highest BCUT2D eigenvalue weighted by Crippen LogP contribution is 2.53. The molecular weight excluding hydrogens is 386 g/mol. The molecule has 0 amide bonds. The third-order valence-electron chi connectivity index (χ3n) is 7.35. The van der Waals surface area contributed by atoms with Crippen LogP contribution in [0.1, 0.15) is 25.0 Å². The van der Waals surface area contributed by atoms with Crippen LogP contribution in [0.15, 0.2) is 103 Å². The Kier molecular flexibility index (Phi) is 3.40. The summed E-state index contributed by atoms with van der Waals surface area (Å²) in [4.78, 5) is 0. The van der Waals surface area contributed by atoms with Crippen LogP contribution in [0.5, 0.6) is 0 Å². The predicted octanol–water partition coefficient (Wildman–Crippen LogP) is 8.24. The lowest BCUT2D eigenvalue weighted by atomic mass is 9.81. The number of hydrogen-bond acceptors (Lipinski definition) is 0. The van der Waals surface area contributed by atoms with Gasteiger partial charge in [0.15, 0.2) is 0 Å². The van der Waals surface area contributed by atoms with E-state index < -0.39 is 0 Å². The number of rotatable bonds is 1. The molecule has 152 valence electrons. The van der Waals surface area contributed by atoms with E-state index in [2.05, 4.69) is 122 Å². The summed E-state index contributed by atoms with van der Waals surface area (Å²) in [6.07, 6.45) is 0. The Bertz CT molecular complexity index is 1680. The zero-order valence-corrected chi connectivity index (χ0v) is 18.3. The number of hydrogen-bond donors (Lipinski definition) is 0. The predicted molar refractivity (Wildman–Crippen MR) is 136 cm³/mol. The fourth-order valence-electron chi connectivity index (χ4n) is 5.98. The molecule has 1 aromatic heterocycles. The Morgan fingerprint density at radius 1 is 0.594 bits per heavy atom. The molecule has 0 saturated heterocycles. The summed E-state index contributed by atoms with van der Waals surface area (Å²) in [5, 5.41) is 5.28. The van der Waals surface area contributed by atoms with E-state index in [4.69, 9.17) is 0 Å². The molecule has 1 aliphatic carbocycles. The molecule has 0 fully saturated rings. The van der Waals surface area contributed by atoms with Crippen molar-refractivity contribution in [1.29, 1.82) is 0 Å². The van der Waals surface area contributed by atoms with Crippen molar-refractivity contribution in [3.05, 3.63) is 114 Å². The lowest BCUT2D eigenvalue weighted by Gasteiger charge is -2.23. The Labute approximate surface area is 187 Å². The van der Waals surface area contributed by atoms with Crippen LogP contribution in [-0.2, 0) is 5.41 Å². The highest BCUT2D eigenvalue weighted by atomic mass is 15.0. The molecule has 0 radical (unpaired) electrons. The number of para-hydroxylation sites is 1. The van der Waals surface area contributed by atoms with Crippen molar-refractivity contribution in [2.24, 2.45) is 0 Å². The van der Waals surface area contributed by atoms with Crippen molar-refractivity contribution in [1.82, 2.24) is 4.57 Å². The molecule has 7 rings (SSSR count). The Morgan fingerprint density at radius 2 is 1.34 bits per heavy atom. The minimum atomic E-state index is -0.0673. The quantitative estimate of drug-likeness (QED) is 0.258. The Balaban J connectivity index is 1.76. The summed E-state index contributed by atoms with van der Waals surface area (Å²) in [5.74, 6) is 0. The number of nitrogens with zero attached hydrogens (tertiary/aromatic N) is 1. The van der Waals surface area contributed by atoms with Crippen LogP contribution < -0.4 is 0 Å². The third-order valence-corrected chi connectivity index (χ3v) is 7.35. The monoisotopic (exact) mass is 409 g/mol. The molecule has 32 heavy (non-hydrogen) atoms. The number of aromatic nitrogens is 1. The maximum Gasteiger partial charge on any atom is 0.0588 e. The van der Waals surface area contributed by atoms with Gasteiger partial charge in [-0.25, -0.2) is 0 Å². The van der Waals surface area contributed by atoms with Gasteiger partial charge >= 0.3 is 0 Å². The first-order valence-corrected chi connectivity index (χ1v) is 11.3. The molecule has 0 bridgehead atoms. The van der Waals surface area contributed by atoms with Crippen LogP contribution in [0.3, 0.4) is 0 Å². The van der Waals surface area contributed by atoms with Crippen molar-refractivity contribution < 1.29 is 0 Å². The third kappa shape index (κ3) is 2.13. The van der Waals surface area contributed by atoms with Crippen LogP contribution in [0.4, 0.5) is 0 Å². The largest absolute Gasteiger partial charge is 0.309 e. The topological polar surface area (TPSA) is 4.93 Å². The van der Waals surface area contributed by atoms with Crippen molar-refractivity contribution in [3.63, 3.8) is 0 Å². The van der Waals surface area contributed by atoms with E-state index in [-0.39, 0.29) is 5.41 Å². The molecule has 1 nitrogen and oxygen atoms in total. The highest BCUT2D eigenvalue weighted by Gasteiger charge is 2.38. The van der Waals surface area contributed by atoms with Crippen molar-refractivity contribution in [2.45, 2.75) is 19.3 Å². The van der Waals surface area contributed by atoms with Gasteiger partial charge in [0.1, 0.15) is 0 Å². The second kappa shape index (κ2) is 6.11. The second-order valence-electron chi connectivity index (χ2n) is 9.41. The van der Waals surface area contributed by atoms with Gasteiger partial charge in [0.2, 0.25) is 0 Å². The van der Waals surface area contributed by atoms with Gasteiger partial charge < -0.3 is 4.57 Å². The minimum Gasteiger partial charge on any atom is -0.309 e. The van der Waals surface area contributed by atoms with E-state index >= 15 is 0 Å². The van der Waals surface area contributed by atoms with Crippen molar-refractivity contribution in [3.8, 4) is 16.8 Å². The number of fused-ring (bicyclic) bond motifs is 9. The molecule has 0 atom stereocenters. The maximum atomic E-state index is 2.49. The molecule has 1 heterocycles. The molecule has 1 aliphatic rings. The summed E-state index contributed by atoms with van der Waals surface area (Å²) in [6, 6.07) is 37.7. The van der Waals surface area contributed by atoms with E-state index in [1.54, 1.807) is 0 Å². The van der Waals surface area contributed by atoms with Gasteiger partial charge in [-0.1, -0.05) is 98.8 Å². The highest BCUT2D eigenvalue weighted by molar-refractivity contribution is 6.23. The fourth-order valence-corrected chi connectivity index (χ4v) is 5.98. The standard InChI is InChI=1S/C31H23N/c1-31(2)26-15-9-8-14-23(26)24-17-18-25-28-22-13-7-6-10-20(22)16-19-27(28)32(30(25)29(24)31)21-11-4-3-5-12-21/h3-19H,1-2H3. The van der Waals surface area contributed by atoms with Crippen LogP contribution in [0, 0.1) is 0 Å². The lowest BCUT2D eigenvalue weighted by molar-refractivity contribution is 0.664. The molecule has 0 N–H and O–H groups in total. The van der Waals surface area contributed by atoms with Crippen LogP contribution in [-0.4, -0.2) is 4.57 Å². The zero-order chi connectivity index (χ0) is 21.4. The lowest BCUT2D eigenvalue weighted by Crippen LogP contribution is -2.16. The maximum absolute atomic E-state index is 2.49. The molecule has 0 unspecified atom stereocenters. The number of benzene rings is 5. The summed E-state index contributed by atoms with van der Waals surface area (Å²) < 4.78 is 2.49. The first kappa shape index (κ1) is 17.8. The van der Waals surface area contributed by atoms with Gasteiger partial charge in [-0.05, 0) is 51.2 Å². The summed E-state index contributed by atoms with van der Waals surface area (Å²) in [6.45, 7) is 4.75. The molecular formula is C31H23N. The van der Waals surface area contributed by atoms with Crippen molar-refractivity contribution in [2.75, 3.05) is 0 Å². The van der Waals surface area contributed by atoms with E-state index in [0.29, 0.717) is 0 Å². The van der Waals surface area contributed by atoms with E-state index in [9.17, 15) is 0 Å². The fraction of sp³-hybridized carbons (Fsp3) is 0.0968. The summed E-state index contributed by atoms with van der Waals surface area (Å²) in [7, 11) is 0. The van der Waals surface area contributed by atoms with Crippen LogP contribution in [0.25, 0.3) is 49.4 Å². The summed E-state index contributed by atoms with van der Waals surface area (Å²) in [5.41, 5.74) is 9.32. The second-order valence-corrected chi connectivity index (χ2v) is 9.41. The molecule has 0 aliphatic heterocycles. The van der Waals surface area contributed by atoms with Gasteiger partial charge in [0.05, 0.1) is 11.0 Å². The van der Waals surface area contributed by atoms with E-state index in [0.717, 1.165) is 0 Å². The zero-order valence-electron chi connectivity index (χ0n) is 18.3. The van der Waals surface area contributed by atoms with Gasteiger partial charge in [-0.2, -0.15) is 0 Å². The molecule has 5 aromatic carbocycles. The van der Waals surface area contributed by atoms with Crippen molar-refractivity contribution >= 4 is 32.6 Å². The molecule has 6 aromatic rings. The van der Waals surface area contributed by atoms with Crippen LogP contribution >= 0.6 is 0 Å². The van der Waals surface area contributed by atoms with Gasteiger partial charge in [-0.3, -0.25) is 0 Å². The Hall–Kier alpha value is -3.84. The Morgan fingerprint density at radius 3 is 2.22 bits per heavy atom. The molecule has 0 saturated carbocycles. The summed E-state index contributed by atoms with van der Waals surface area (Å²) >= 11 is 0. The van der Waals surface area contributed by atoms with E-state index in [1.165, 1.54) is 60.5 Å². The van der Waals surface area contributed by atoms with Gasteiger partial charge in [-0.15, -0.1) is 0 Å². The molecule has 1 heteroatoms. The minimum absolute atomic E-state index is 0.0673. The first-order chi connectivity index (χ1) is 15.7. The van der Waals surface area contributed by atoms with E-state index in [1.807, 2.05) is 0 Å². The van der Waals surface area contributed by atoms with Gasteiger partial charge in [0.25, 0.3) is 0 Å². The van der Waals surface area contributed by atoms with Gasteiger partial charge in [0, 0.05) is 21.9 Å². The van der Waals surface area contributed by atoms with Crippen LogP contribution in [0.2, 0.25) is 0 Å². The molecule has 0 spiro atoms. The normalized spacial score (nSPS) is 14.2. The average molecular weight is 410 g/mol. The SMILES string of the molecule is CC1(C)c2ccccc2-c2ccc3c4c5ccccc5ccc4n(-c4ccccc4)c3c21. The average Bonchev–Trinajstić information content (AvgIpc) is 3.29. The first-order valence-electron chi connectivity index (χ1n) is 11.3. The smallest absolute Gasteiger partial charge is 0.0588 e.